The van der Waals surface area contributed by atoms with Crippen LogP contribution in [0.1, 0.15) is 35.7 Å². The number of nitrogens with zero attached hydrogens (tertiary/aromatic N) is 10. The fourth-order valence-electron chi connectivity index (χ4n) is 5.01. The standard InChI is InChI=1S/C27H26FN11S2/c1-17-13-39-22(18-10-31-38(14-18)16-24-34-35-27(40-24)20-5-6-29-11-21(20)28)12-30-26(39)25(32-17)33-23-9-19(36-41-23)15-37-7-3-2-4-8-37/h5-6,9-14H,2-4,7-8,15-16H2,1H3,(H,32,33). The van der Waals surface area contributed by atoms with Gasteiger partial charge in [0.15, 0.2) is 22.3 Å². The van der Waals surface area contributed by atoms with Crippen LogP contribution in [0.2, 0.25) is 0 Å². The summed E-state index contributed by atoms with van der Waals surface area (Å²) in [5, 5.41) is 18.5. The third-order valence-electron chi connectivity index (χ3n) is 6.94. The molecule has 0 saturated carbocycles. The highest BCUT2D eigenvalue weighted by Crippen LogP contribution is 2.29. The SMILES string of the molecule is Cc1cn2c(-c3cnn(Cc4nnc(-c5ccncc5F)s4)c3)cnc2c(Nc2cc(CN3CCCCC3)ns2)n1. The molecule has 208 valence electrons. The lowest BCUT2D eigenvalue weighted by atomic mass is 10.1. The van der Waals surface area contributed by atoms with Crippen molar-refractivity contribution in [3.05, 3.63) is 71.5 Å². The predicted octanol–water partition coefficient (Wildman–Crippen LogP) is 5.19. The van der Waals surface area contributed by atoms with Crippen LogP contribution in [0.5, 0.6) is 0 Å². The Hall–Kier alpha value is -4.14. The number of hydrogen-bond donors (Lipinski definition) is 1. The summed E-state index contributed by atoms with van der Waals surface area (Å²) in [7, 11) is 0. The zero-order chi connectivity index (χ0) is 27.8. The second kappa shape index (κ2) is 11.0. The van der Waals surface area contributed by atoms with Crippen LogP contribution < -0.4 is 5.32 Å². The molecule has 0 amide bonds. The summed E-state index contributed by atoms with van der Waals surface area (Å²) in [4.78, 5) is 15.7. The smallest absolute Gasteiger partial charge is 0.180 e. The van der Waals surface area contributed by atoms with Gasteiger partial charge in [0.2, 0.25) is 0 Å². The molecule has 6 aromatic heterocycles. The molecule has 1 aliphatic rings. The lowest BCUT2D eigenvalue weighted by molar-refractivity contribution is 0.219. The molecule has 6 aromatic rings. The molecule has 41 heavy (non-hydrogen) atoms. The van der Waals surface area contributed by atoms with Crippen molar-refractivity contribution in [1.29, 1.82) is 0 Å². The summed E-state index contributed by atoms with van der Waals surface area (Å²) in [6.45, 7) is 5.54. The van der Waals surface area contributed by atoms with Gasteiger partial charge in [0.05, 0.1) is 47.8 Å². The number of halogens is 1. The van der Waals surface area contributed by atoms with Gasteiger partial charge >= 0.3 is 0 Å². The number of fused-ring (bicyclic) bond motifs is 1. The minimum atomic E-state index is -0.420. The third kappa shape index (κ3) is 5.45. The van der Waals surface area contributed by atoms with E-state index < -0.39 is 5.82 Å². The van der Waals surface area contributed by atoms with E-state index in [9.17, 15) is 4.39 Å². The number of pyridine rings is 1. The first-order chi connectivity index (χ1) is 20.1. The predicted molar refractivity (Wildman–Crippen MR) is 156 cm³/mol. The van der Waals surface area contributed by atoms with Gasteiger partial charge in [0, 0.05) is 30.7 Å². The van der Waals surface area contributed by atoms with Crippen LogP contribution in [0.25, 0.3) is 27.5 Å². The fourth-order valence-corrected chi connectivity index (χ4v) is 6.53. The fraction of sp³-hybridized carbons (Fsp3) is 0.296. The topological polar surface area (TPSA) is 115 Å². The van der Waals surface area contributed by atoms with Crippen molar-refractivity contribution >= 4 is 39.3 Å². The van der Waals surface area contributed by atoms with Crippen LogP contribution in [0.15, 0.2) is 49.3 Å². The van der Waals surface area contributed by atoms with Crippen molar-refractivity contribution in [2.24, 2.45) is 0 Å². The Morgan fingerprint density at radius 3 is 2.83 bits per heavy atom. The highest BCUT2D eigenvalue weighted by Gasteiger charge is 2.17. The number of piperidine rings is 1. The van der Waals surface area contributed by atoms with E-state index in [-0.39, 0.29) is 0 Å². The van der Waals surface area contributed by atoms with Gasteiger partial charge in [-0.05, 0) is 56.5 Å². The van der Waals surface area contributed by atoms with Crippen molar-refractivity contribution in [2.45, 2.75) is 39.3 Å². The van der Waals surface area contributed by atoms with E-state index >= 15 is 0 Å². The first-order valence-corrected chi connectivity index (χ1v) is 14.9. The number of imidazole rings is 1. The number of aryl methyl sites for hydroxylation is 1. The Morgan fingerprint density at radius 1 is 1.05 bits per heavy atom. The molecular formula is C27H26FN11S2. The van der Waals surface area contributed by atoms with Crippen molar-refractivity contribution in [2.75, 3.05) is 18.4 Å². The summed E-state index contributed by atoms with van der Waals surface area (Å²) < 4.78 is 22.6. The molecule has 7 rings (SSSR count). The Labute approximate surface area is 242 Å². The maximum atomic E-state index is 14.1. The molecule has 0 spiro atoms. The monoisotopic (exact) mass is 587 g/mol. The summed E-state index contributed by atoms with van der Waals surface area (Å²) in [5.41, 5.74) is 4.84. The maximum absolute atomic E-state index is 14.1. The highest BCUT2D eigenvalue weighted by molar-refractivity contribution is 7.14. The average Bonchev–Trinajstić information content (AvgIpc) is 3.78. The number of hydrogen-bond acceptors (Lipinski definition) is 11. The van der Waals surface area contributed by atoms with E-state index in [2.05, 4.69) is 45.9 Å². The van der Waals surface area contributed by atoms with Gasteiger partial charge in [-0.2, -0.15) is 9.47 Å². The number of anilines is 2. The molecule has 0 bridgehead atoms. The van der Waals surface area contributed by atoms with Crippen molar-refractivity contribution in [3.63, 3.8) is 0 Å². The number of aromatic nitrogens is 9. The first-order valence-electron chi connectivity index (χ1n) is 13.3. The summed E-state index contributed by atoms with van der Waals surface area (Å²) >= 11 is 2.77. The Bertz CT molecular complexity index is 1810. The van der Waals surface area contributed by atoms with Crippen LogP contribution >= 0.6 is 22.9 Å². The third-order valence-corrected chi connectivity index (χ3v) is 8.63. The molecular weight excluding hydrogens is 562 g/mol. The molecule has 7 heterocycles. The number of nitrogens with one attached hydrogen (secondary N) is 1. The van der Waals surface area contributed by atoms with Gasteiger partial charge < -0.3 is 5.32 Å². The molecule has 11 nitrogen and oxygen atoms in total. The normalized spacial score (nSPS) is 14.2. The van der Waals surface area contributed by atoms with E-state index in [0.29, 0.717) is 22.9 Å². The van der Waals surface area contributed by atoms with Crippen LogP contribution in [0.3, 0.4) is 0 Å². The molecule has 1 aliphatic heterocycles. The number of likely N-dealkylation sites (tertiary alicyclic amines) is 1. The Kier molecular flexibility index (Phi) is 6.94. The summed E-state index contributed by atoms with van der Waals surface area (Å²) in [6.07, 6.45) is 14.1. The van der Waals surface area contributed by atoms with Gasteiger partial charge in [0.25, 0.3) is 0 Å². The van der Waals surface area contributed by atoms with Gasteiger partial charge in [-0.1, -0.05) is 17.8 Å². The van der Waals surface area contributed by atoms with Crippen LogP contribution in [-0.4, -0.2) is 61.7 Å². The highest BCUT2D eigenvalue weighted by atomic mass is 32.1. The number of rotatable bonds is 8. The molecule has 1 saturated heterocycles. The van der Waals surface area contributed by atoms with Crippen molar-refractivity contribution < 1.29 is 4.39 Å². The summed E-state index contributed by atoms with van der Waals surface area (Å²) in [5.74, 6) is 0.262. The van der Waals surface area contributed by atoms with Crippen LogP contribution in [-0.2, 0) is 13.1 Å². The van der Waals surface area contributed by atoms with Crippen LogP contribution in [0.4, 0.5) is 15.2 Å². The minimum Gasteiger partial charge on any atom is -0.328 e. The minimum absolute atomic E-state index is 0.389. The van der Waals surface area contributed by atoms with E-state index in [1.54, 1.807) is 23.1 Å². The second-order valence-electron chi connectivity index (χ2n) is 10.00. The van der Waals surface area contributed by atoms with Crippen molar-refractivity contribution in [3.8, 4) is 21.8 Å². The first kappa shape index (κ1) is 25.8. The molecule has 1 fully saturated rings. The van der Waals surface area contributed by atoms with E-state index in [1.165, 1.54) is 48.3 Å². The lowest BCUT2D eigenvalue weighted by Crippen LogP contribution is -2.29. The molecule has 0 unspecified atom stereocenters. The quantitative estimate of drug-likeness (QED) is 0.257. The summed E-state index contributed by atoms with van der Waals surface area (Å²) in [6, 6.07) is 3.70. The zero-order valence-corrected chi connectivity index (χ0v) is 23.9. The second-order valence-corrected chi connectivity index (χ2v) is 11.9. The average molecular weight is 588 g/mol. The van der Waals surface area contributed by atoms with E-state index in [0.717, 1.165) is 57.9 Å². The molecule has 14 heteroatoms. The maximum Gasteiger partial charge on any atom is 0.180 e. The van der Waals surface area contributed by atoms with Gasteiger partial charge in [-0.3, -0.25) is 19.0 Å². The van der Waals surface area contributed by atoms with Gasteiger partial charge in [-0.25, -0.2) is 14.4 Å². The Balaban J connectivity index is 1.09. The lowest BCUT2D eigenvalue weighted by Gasteiger charge is -2.25. The Morgan fingerprint density at radius 2 is 1.95 bits per heavy atom. The van der Waals surface area contributed by atoms with Gasteiger partial charge in [0.1, 0.15) is 10.0 Å². The van der Waals surface area contributed by atoms with E-state index in [1.807, 2.05) is 29.9 Å². The molecule has 0 aliphatic carbocycles. The van der Waals surface area contributed by atoms with Crippen molar-refractivity contribution in [1.82, 2.24) is 48.6 Å². The largest absolute Gasteiger partial charge is 0.328 e. The molecule has 0 aromatic carbocycles. The van der Waals surface area contributed by atoms with E-state index in [4.69, 9.17) is 4.98 Å². The molecule has 1 N–H and O–H groups in total. The molecule has 0 radical (unpaired) electrons. The zero-order valence-electron chi connectivity index (χ0n) is 22.2. The van der Waals surface area contributed by atoms with Gasteiger partial charge in [-0.15, -0.1) is 10.2 Å². The molecule has 0 atom stereocenters. The van der Waals surface area contributed by atoms with Crippen LogP contribution in [0, 0.1) is 12.7 Å².